The van der Waals surface area contributed by atoms with Gasteiger partial charge in [0.2, 0.25) is 0 Å². The van der Waals surface area contributed by atoms with Crippen molar-refractivity contribution in [2.75, 3.05) is 20.3 Å². The predicted molar refractivity (Wildman–Crippen MR) is 160 cm³/mol. The van der Waals surface area contributed by atoms with E-state index >= 15 is 0 Å². The van der Waals surface area contributed by atoms with Crippen molar-refractivity contribution in [1.29, 1.82) is 0 Å². The molecule has 0 unspecified atom stereocenters. The third-order valence-corrected chi connectivity index (χ3v) is 8.31. The largest absolute Gasteiger partial charge is 0.496 e. The van der Waals surface area contributed by atoms with Gasteiger partial charge in [0.05, 0.1) is 18.3 Å². The monoisotopic (exact) mass is 553 g/mol. The minimum Gasteiger partial charge on any atom is -0.496 e. The van der Waals surface area contributed by atoms with Gasteiger partial charge in [0, 0.05) is 23.6 Å². The van der Waals surface area contributed by atoms with Crippen LogP contribution in [-0.4, -0.2) is 50.5 Å². The summed E-state index contributed by atoms with van der Waals surface area (Å²) in [6.45, 7) is 9.73. The summed E-state index contributed by atoms with van der Waals surface area (Å²) in [5.74, 6) is 0.492. The molecule has 1 amide bonds. The van der Waals surface area contributed by atoms with Gasteiger partial charge in [0.25, 0.3) is 0 Å². The summed E-state index contributed by atoms with van der Waals surface area (Å²) < 4.78 is 23.9. The zero-order valence-electron chi connectivity index (χ0n) is 24.4. The molecule has 0 saturated carbocycles. The summed E-state index contributed by atoms with van der Waals surface area (Å²) in [5, 5.41) is 2.88. The van der Waals surface area contributed by atoms with Gasteiger partial charge in [-0.3, -0.25) is 4.79 Å². The fourth-order valence-electron chi connectivity index (χ4n) is 5.29. The topological polar surface area (TPSA) is 83.1 Å². The number of rotatable bonds is 8. The number of carbonyl (C=O) groups is 2. The average Bonchev–Trinajstić information content (AvgIpc) is 3.38. The van der Waals surface area contributed by atoms with Gasteiger partial charge in [-0.1, -0.05) is 54.6 Å². The van der Waals surface area contributed by atoms with Gasteiger partial charge in [-0.2, -0.15) is 0 Å². The number of ether oxygens (including phenoxy) is 2. The van der Waals surface area contributed by atoms with Crippen molar-refractivity contribution in [2.45, 2.75) is 51.7 Å². The molecule has 1 saturated heterocycles. The lowest BCUT2D eigenvalue weighted by Crippen LogP contribution is -2.41. The number of nitrogens with one attached hydrogen (secondary N) is 1. The van der Waals surface area contributed by atoms with Crippen molar-refractivity contribution in [2.24, 2.45) is 0 Å². The fraction of sp³-hybridized carbons (Fsp3) is 0.333. The highest BCUT2D eigenvalue weighted by molar-refractivity contribution is 6.56. The lowest BCUT2D eigenvalue weighted by Gasteiger charge is -2.32. The SMILES string of the molecule is COc1ccc(C(C)=O)cc1C=C(CNC(=O)OCC1c2ccccc2-c2ccccc21)B1OC(C)(C)C(C)(C)O1. The number of carbonyl (C=O) groups excluding carboxylic acids is 2. The highest BCUT2D eigenvalue weighted by Crippen LogP contribution is 2.44. The van der Waals surface area contributed by atoms with E-state index in [1.807, 2.05) is 58.0 Å². The highest BCUT2D eigenvalue weighted by atomic mass is 16.7. The van der Waals surface area contributed by atoms with Gasteiger partial charge in [-0.25, -0.2) is 4.79 Å². The molecule has 212 valence electrons. The Morgan fingerprint density at radius 3 is 2.07 bits per heavy atom. The molecule has 0 spiro atoms. The second kappa shape index (κ2) is 11.2. The van der Waals surface area contributed by atoms with Crippen LogP contribution in [0.1, 0.15) is 67.6 Å². The Bertz CT molecular complexity index is 1450. The summed E-state index contributed by atoms with van der Waals surface area (Å²) in [6, 6.07) is 21.7. The summed E-state index contributed by atoms with van der Waals surface area (Å²) in [5.41, 5.74) is 5.38. The van der Waals surface area contributed by atoms with Crippen LogP contribution in [0.4, 0.5) is 4.79 Å². The number of hydrogen-bond donors (Lipinski definition) is 1. The quantitative estimate of drug-likeness (QED) is 0.255. The number of hydrogen-bond acceptors (Lipinski definition) is 6. The van der Waals surface area contributed by atoms with E-state index in [-0.39, 0.29) is 24.9 Å². The van der Waals surface area contributed by atoms with Crippen molar-refractivity contribution in [1.82, 2.24) is 5.32 Å². The molecule has 0 radical (unpaired) electrons. The number of methoxy groups -OCH3 is 1. The number of ketones is 1. The zero-order valence-corrected chi connectivity index (χ0v) is 24.4. The van der Waals surface area contributed by atoms with Crippen LogP contribution in [0.15, 0.2) is 72.2 Å². The minimum atomic E-state index is -0.723. The minimum absolute atomic E-state index is 0.0372. The number of amides is 1. The van der Waals surface area contributed by atoms with Crippen LogP contribution < -0.4 is 10.1 Å². The van der Waals surface area contributed by atoms with Crippen LogP contribution in [0.5, 0.6) is 5.75 Å². The van der Waals surface area contributed by atoms with E-state index in [1.54, 1.807) is 25.3 Å². The molecule has 0 bridgehead atoms. The van der Waals surface area contributed by atoms with Gasteiger partial charge in [0.1, 0.15) is 12.4 Å². The Kier molecular flexibility index (Phi) is 7.81. The fourth-order valence-corrected chi connectivity index (χ4v) is 5.29. The number of Topliss-reactive ketones (excluding diaryl/α,β-unsaturated/α-hetero) is 1. The summed E-state index contributed by atoms with van der Waals surface area (Å²) in [7, 11) is 0.850. The maximum atomic E-state index is 13.0. The van der Waals surface area contributed by atoms with Crippen LogP contribution in [0.2, 0.25) is 0 Å². The predicted octanol–water partition coefficient (Wildman–Crippen LogP) is 6.45. The van der Waals surface area contributed by atoms with Gasteiger partial charge in [-0.15, -0.1) is 0 Å². The first kappa shape index (κ1) is 28.6. The smallest absolute Gasteiger partial charge is 0.492 e. The van der Waals surface area contributed by atoms with Crippen molar-refractivity contribution in [3.05, 3.63) is 94.5 Å². The Morgan fingerprint density at radius 2 is 1.51 bits per heavy atom. The molecule has 1 fully saturated rings. The molecule has 1 heterocycles. The van der Waals surface area contributed by atoms with Gasteiger partial charge in [-0.05, 0) is 80.5 Å². The second-order valence-corrected chi connectivity index (χ2v) is 11.5. The molecule has 1 aliphatic carbocycles. The first-order valence-corrected chi connectivity index (χ1v) is 13.8. The molecule has 2 aliphatic rings. The zero-order chi connectivity index (χ0) is 29.4. The maximum Gasteiger partial charge on any atom is 0.492 e. The second-order valence-electron chi connectivity index (χ2n) is 11.5. The van der Waals surface area contributed by atoms with Crippen LogP contribution in [0.25, 0.3) is 17.2 Å². The number of benzene rings is 3. The molecule has 8 heteroatoms. The highest BCUT2D eigenvalue weighted by Gasteiger charge is 2.52. The Labute approximate surface area is 242 Å². The van der Waals surface area contributed by atoms with E-state index in [0.717, 1.165) is 11.1 Å². The van der Waals surface area contributed by atoms with E-state index in [9.17, 15) is 9.59 Å². The molecule has 41 heavy (non-hydrogen) atoms. The Hall–Kier alpha value is -3.88. The normalized spacial score (nSPS) is 17.1. The van der Waals surface area contributed by atoms with Crippen molar-refractivity contribution >= 4 is 25.1 Å². The van der Waals surface area contributed by atoms with Crippen molar-refractivity contribution < 1.29 is 28.4 Å². The molecule has 0 atom stereocenters. The lowest BCUT2D eigenvalue weighted by atomic mass is 9.76. The van der Waals surface area contributed by atoms with Crippen molar-refractivity contribution in [3.63, 3.8) is 0 Å². The first-order chi connectivity index (χ1) is 19.5. The molecule has 3 aromatic rings. The van der Waals surface area contributed by atoms with Crippen LogP contribution >= 0.6 is 0 Å². The third-order valence-electron chi connectivity index (χ3n) is 8.31. The molecule has 3 aromatic carbocycles. The molecule has 0 aromatic heterocycles. The summed E-state index contributed by atoms with van der Waals surface area (Å²) in [6.07, 6.45) is 1.30. The van der Waals surface area contributed by atoms with Gasteiger partial charge >= 0.3 is 13.2 Å². The van der Waals surface area contributed by atoms with Gasteiger partial charge in [0.15, 0.2) is 5.78 Å². The molecule has 5 rings (SSSR count). The van der Waals surface area contributed by atoms with E-state index in [4.69, 9.17) is 18.8 Å². The van der Waals surface area contributed by atoms with Crippen LogP contribution in [0, 0.1) is 0 Å². The Morgan fingerprint density at radius 1 is 0.927 bits per heavy atom. The van der Waals surface area contributed by atoms with Crippen LogP contribution in [0.3, 0.4) is 0 Å². The standard InChI is InChI=1S/C33H36BNO6/c1-21(36)22-15-16-30(38-6)23(17-22)18-24(34-40-32(2,3)33(4,5)41-34)19-35-31(37)39-20-29-27-13-9-7-11-25(27)26-12-8-10-14-28(26)29/h7-18,29H,19-20H2,1-6H3,(H,35,37). The Balaban J connectivity index is 1.35. The van der Waals surface area contributed by atoms with Crippen LogP contribution in [-0.2, 0) is 14.0 Å². The van der Waals surface area contributed by atoms with Gasteiger partial charge < -0.3 is 24.1 Å². The van der Waals surface area contributed by atoms with E-state index in [1.165, 1.54) is 18.1 Å². The van der Waals surface area contributed by atoms with E-state index in [2.05, 4.69) is 29.6 Å². The average molecular weight is 553 g/mol. The number of alkyl carbamates (subject to hydrolysis) is 1. The summed E-state index contributed by atoms with van der Waals surface area (Å²) >= 11 is 0. The molecule has 7 nitrogen and oxygen atoms in total. The molecule has 1 N–H and O–H groups in total. The first-order valence-electron chi connectivity index (χ1n) is 13.8. The van der Waals surface area contributed by atoms with Crippen molar-refractivity contribution in [3.8, 4) is 16.9 Å². The maximum absolute atomic E-state index is 13.0. The van der Waals surface area contributed by atoms with E-state index in [0.29, 0.717) is 22.3 Å². The molecular weight excluding hydrogens is 517 g/mol. The third kappa shape index (κ3) is 5.67. The molecule has 1 aliphatic heterocycles. The lowest BCUT2D eigenvalue weighted by molar-refractivity contribution is 0.00578. The summed E-state index contributed by atoms with van der Waals surface area (Å²) in [4.78, 5) is 25.1. The molecular formula is C33H36BNO6. The van der Waals surface area contributed by atoms with E-state index < -0.39 is 24.4 Å². The number of fused-ring (bicyclic) bond motifs is 3.